The third-order valence-electron chi connectivity index (χ3n) is 4.62. The molecule has 1 amide bonds. The minimum atomic E-state index is -0.470. The average molecular weight is 458 g/mol. The number of hydrogen-bond acceptors (Lipinski definition) is 5. The summed E-state index contributed by atoms with van der Waals surface area (Å²) in [6, 6.07) is 16.6. The van der Waals surface area contributed by atoms with Gasteiger partial charge in [0.1, 0.15) is 0 Å². The highest BCUT2D eigenvalue weighted by molar-refractivity contribution is 6.42. The molecule has 6 nitrogen and oxygen atoms in total. The van der Waals surface area contributed by atoms with Crippen molar-refractivity contribution in [2.24, 2.45) is 0 Å². The fraction of sp³-hybridized carbons (Fsp3) is 0.217. The Labute approximate surface area is 190 Å². The molecule has 0 aliphatic heterocycles. The minimum absolute atomic E-state index is 0.0507. The predicted octanol–water partition coefficient (Wildman–Crippen LogP) is 4.64. The largest absolute Gasteiger partial charge is 0.481 e. The van der Waals surface area contributed by atoms with Crippen molar-refractivity contribution in [2.75, 3.05) is 13.7 Å². The monoisotopic (exact) mass is 457 g/mol. The fourth-order valence-corrected chi connectivity index (χ4v) is 3.30. The number of ether oxygens (including phenoxy) is 1. The van der Waals surface area contributed by atoms with Crippen LogP contribution in [0.4, 0.5) is 0 Å². The number of Topliss-reactive ketones (excluding diaryl/α,β-unsaturated/α-hetero) is 1. The first-order valence-electron chi connectivity index (χ1n) is 9.62. The van der Waals surface area contributed by atoms with Gasteiger partial charge in [-0.1, -0.05) is 59.6 Å². The molecule has 0 fully saturated rings. The Morgan fingerprint density at radius 1 is 1.00 bits per heavy atom. The van der Waals surface area contributed by atoms with Crippen LogP contribution in [0.3, 0.4) is 0 Å². The van der Waals surface area contributed by atoms with Crippen molar-refractivity contribution in [2.45, 2.75) is 19.4 Å². The summed E-state index contributed by atoms with van der Waals surface area (Å²) in [5, 5.41) is 0.855. The molecule has 8 heteroatoms. The molecule has 0 bridgehead atoms. The smallest absolute Gasteiger partial charge is 0.230 e. The molecule has 0 aliphatic carbocycles. The quantitative estimate of drug-likeness (QED) is 0.345. The lowest BCUT2D eigenvalue weighted by Crippen LogP contribution is -2.34. The molecule has 0 radical (unpaired) electrons. The molecule has 160 valence electrons. The van der Waals surface area contributed by atoms with Crippen LogP contribution in [0.25, 0.3) is 0 Å². The van der Waals surface area contributed by atoms with E-state index in [1.54, 1.807) is 17.0 Å². The zero-order chi connectivity index (χ0) is 22.2. The Hall–Kier alpha value is -2.96. The molecule has 3 rings (SSSR count). The van der Waals surface area contributed by atoms with E-state index >= 15 is 0 Å². The molecule has 0 saturated carbocycles. The van der Waals surface area contributed by atoms with Crippen LogP contribution in [0.2, 0.25) is 10.0 Å². The van der Waals surface area contributed by atoms with Gasteiger partial charge < -0.3 is 9.64 Å². The van der Waals surface area contributed by atoms with Gasteiger partial charge in [0.05, 0.1) is 23.6 Å². The molecule has 0 unspecified atom stereocenters. The number of hydrogen-bond donors (Lipinski definition) is 0. The fourth-order valence-electron chi connectivity index (χ4n) is 2.98. The normalized spacial score (nSPS) is 10.5. The van der Waals surface area contributed by atoms with Crippen molar-refractivity contribution in [1.29, 1.82) is 0 Å². The maximum atomic E-state index is 13.0. The Morgan fingerprint density at radius 3 is 2.48 bits per heavy atom. The third-order valence-corrected chi connectivity index (χ3v) is 5.36. The standard InChI is InChI=1S/C23H21Cl2N3O3/c1-31-21-9-11-26-23(27-21)20(29)14-22(30)28(12-10-16-5-3-2-4-6-16)15-17-7-8-18(24)19(25)13-17/h2-9,11,13H,10,12,14-15H2,1H3. The number of methoxy groups -OCH3 is 1. The van der Waals surface area contributed by atoms with Crippen LogP contribution >= 0.6 is 23.2 Å². The van der Waals surface area contributed by atoms with Gasteiger partial charge in [0, 0.05) is 25.4 Å². The van der Waals surface area contributed by atoms with Crippen LogP contribution in [-0.2, 0) is 17.8 Å². The predicted molar refractivity (Wildman–Crippen MR) is 120 cm³/mol. The van der Waals surface area contributed by atoms with E-state index < -0.39 is 5.78 Å². The summed E-state index contributed by atoms with van der Waals surface area (Å²) in [4.78, 5) is 35.2. The molecule has 0 aliphatic rings. The van der Waals surface area contributed by atoms with Crippen molar-refractivity contribution in [3.05, 3.63) is 87.8 Å². The van der Waals surface area contributed by atoms with Crippen molar-refractivity contribution in [3.63, 3.8) is 0 Å². The van der Waals surface area contributed by atoms with Gasteiger partial charge in [0.2, 0.25) is 17.6 Å². The van der Waals surface area contributed by atoms with Gasteiger partial charge in [-0.05, 0) is 29.7 Å². The van der Waals surface area contributed by atoms with Crippen LogP contribution in [0.15, 0.2) is 60.8 Å². The highest BCUT2D eigenvalue weighted by Gasteiger charge is 2.21. The lowest BCUT2D eigenvalue weighted by atomic mass is 10.1. The first-order chi connectivity index (χ1) is 15.0. The first kappa shape index (κ1) is 22.7. The summed E-state index contributed by atoms with van der Waals surface area (Å²) in [5.74, 6) is -0.575. The second kappa shape index (κ2) is 10.9. The summed E-state index contributed by atoms with van der Waals surface area (Å²) < 4.78 is 5.02. The Bertz CT molecular complexity index is 1060. The van der Waals surface area contributed by atoms with E-state index in [9.17, 15) is 9.59 Å². The SMILES string of the molecule is COc1ccnc(C(=O)CC(=O)N(CCc2ccccc2)Cc2ccc(Cl)c(Cl)c2)n1. The summed E-state index contributed by atoms with van der Waals surface area (Å²) in [7, 11) is 1.45. The molecule has 3 aromatic rings. The topological polar surface area (TPSA) is 72.4 Å². The number of halogens is 2. The third kappa shape index (κ3) is 6.51. The van der Waals surface area contributed by atoms with Gasteiger partial charge in [0.15, 0.2) is 5.82 Å². The van der Waals surface area contributed by atoms with Crippen molar-refractivity contribution in [3.8, 4) is 5.88 Å². The molecule has 0 saturated heterocycles. The molecule has 1 aromatic heterocycles. The molecule has 0 N–H and O–H groups in total. The highest BCUT2D eigenvalue weighted by atomic mass is 35.5. The number of amides is 1. The van der Waals surface area contributed by atoms with Gasteiger partial charge in [-0.2, -0.15) is 4.98 Å². The van der Waals surface area contributed by atoms with Crippen molar-refractivity contribution < 1.29 is 14.3 Å². The summed E-state index contributed by atoms with van der Waals surface area (Å²) in [5.41, 5.74) is 1.91. The van der Waals surface area contributed by atoms with E-state index in [4.69, 9.17) is 27.9 Å². The molecule has 0 spiro atoms. The van der Waals surface area contributed by atoms with E-state index in [1.807, 2.05) is 36.4 Å². The number of ketones is 1. The van der Waals surface area contributed by atoms with E-state index in [0.717, 1.165) is 11.1 Å². The number of carbonyl (C=O) groups is 2. The molecule has 1 heterocycles. The Kier molecular flexibility index (Phi) is 7.98. The van der Waals surface area contributed by atoms with E-state index in [2.05, 4.69) is 9.97 Å². The lowest BCUT2D eigenvalue weighted by Gasteiger charge is -2.23. The number of rotatable bonds is 9. The molecule has 0 atom stereocenters. The van der Waals surface area contributed by atoms with Gasteiger partial charge in [0.25, 0.3) is 0 Å². The second-order valence-electron chi connectivity index (χ2n) is 6.82. The first-order valence-corrected chi connectivity index (χ1v) is 10.4. The lowest BCUT2D eigenvalue weighted by molar-refractivity contribution is -0.130. The van der Waals surface area contributed by atoms with Crippen LogP contribution < -0.4 is 4.74 Å². The Morgan fingerprint density at radius 2 is 1.77 bits per heavy atom. The molecule has 2 aromatic carbocycles. The van der Waals surface area contributed by atoms with E-state index in [0.29, 0.717) is 29.6 Å². The second-order valence-corrected chi connectivity index (χ2v) is 7.64. The summed E-state index contributed by atoms with van der Waals surface area (Å²) in [6.45, 7) is 0.740. The molecule has 31 heavy (non-hydrogen) atoms. The summed E-state index contributed by atoms with van der Waals surface area (Å²) in [6.07, 6.45) is 1.73. The maximum absolute atomic E-state index is 13.0. The number of aromatic nitrogens is 2. The van der Waals surface area contributed by atoms with Crippen LogP contribution in [0.1, 0.15) is 28.2 Å². The van der Waals surface area contributed by atoms with Gasteiger partial charge in [-0.3, -0.25) is 9.59 Å². The number of carbonyl (C=O) groups excluding carboxylic acids is 2. The zero-order valence-corrected chi connectivity index (χ0v) is 18.4. The van der Waals surface area contributed by atoms with E-state index in [1.165, 1.54) is 19.4 Å². The van der Waals surface area contributed by atoms with Crippen LogP contribution in [-0.4, -0.2) is 40.2 Å². The van der Waals surface area contributed by atoms with Gasteiger partial charge >= 0.3 is 0 Å². The average Bonchev–Trinajstić information content (AvgIpc) is 2.79. The van der Waals surface area contributed by atoms with E-state index in [-0.39, 0.29) is 24.0 Å². The maximum Gasteiger partial charge on any atom is 0.230 e. The number of benzene rings is 2. The van der Waals surface area contributed by atoms with Crippen molar-refractivity contribution >= 4 is 34.9 Å². The van der Waals surface area contributed by atoms with Crippen LogP contribution in [0.5, 0.6) is 5.88 Å². The molecular formula is C23H21Cl2N3O3. The molecular weight excluding hydrogens is 437 g/mol. The minimum Gasteiger partial charge on any atom is -0.481 e. The zero-order valence-electron chi connectivity index (χ0n) is 16.9. The summed E-state index contributed by atoms with van der Waals surface area (Å²) >= 11 is 12.1. The van der Waals surface area contributed by atoms with Crippen LogP contribution in [0, 0.1) is 0 Å². The highest BCUT2D eigenvalue weighted by Crippen LogP contribution is 2.23. The van der Waals surface area contributed by atoms with Gasteiger partial charge in [-0.25, -0.2) is 4.98 Å². The Balaban J connectivity index is 1.75. The van der Waals surface area contributed by atoms with Crippen molar-refractivity contribution in [1.82, 2.24) is 14.9 Å². The number of nitrogens with zero attached hydrogens (tertiary/aromatic N) is 3. The van der Waals surface area contributed by atoms with Gasteiger partial charge in [-0.15, -0.1) is 0 Å².